The molecule has 3 fully saturated rings. The SMILES string of the molecule is C[C@H]1C(=O)N2CCC[C@H]2CN1C(=O)CCCN1CCCCCC1. The second-order valence-electron chi connectivity index (χ2n) is 7.41. The molecule has 3 heterocycles. The van der Waals surface area contributed by atoms with E-state index in [0.717, 1.165) is 38.9 Å². The van der Waals surface area contributed by atoms with Crippen molar-refractivity contribution in [1.82, 2.24) is 14.7 Å². The highest BCUT2D eigenvalue weighted by Gasteiger charge is 2.41. The summed E-state index contributed by atoms with van der Waals surface area (Å²) >= 11 is 0. The molecule has 0 N–H and O–H groups in total. The third-order valence-electron chi connectivity index (χ3n) is 5.78. The van der Waals surface area contributed by atoms with E-state index in [9.17, 15) is 9.59 Å². The number of likely N-dealkylation sites (tertiary alicyclic amines) is 1. The van der Waals surface area contributed by atoms with Crippen LogP contribution in [0.15, 0.2) is 0 Å². The Morgan fingerprint density at radius 3 is 2.57 bits per heavy atom. The number of piperazine rings is 1. The highest BCUT2D eigenvalue weighted by Crippen LogP contribution is 2.26. The molecule has 0 radical (unpaired) electrons. The van der Waals surface area contributed by atoms with Crippen molar-refractivity contribution in [3.63, 3.8) is 0 Å². The fourth-order valence-electron chi connectivity index (χ4n) is 4.35. The Morgan fingerprint density at radius 2 is 1.83 bits per heavy atom. The molecular formula is C18H31N3O2. The topological polar surface area (TPSA) is 43.9 Å². The Hall–Kier alpha value is -1.10. The monoisotopic (exact) mass is 321 g/mol. The molecule has 2 atom stereocenters. The van der Waals surface area contributed by atoms with E-state index in [0.29, 0.717) is 6.42 Å². The van der Waals surface area contributed by atoms with Crippen LogP contribution in [0.1, 0.15) is 58.3 Å². The van der Waals surface area contributed by atoms with Crippen molar-refractivity contribution < 1.29 is 9.59 Å². The first kappa shape index (κ1) is 16.7. The minimum atomic E-state index is -0.268. The van der Waals surface area contributed by atoms with Crippen LogP contribution in [0.3, 0.4) is 0 Å². The quantitative estimate of drug-likeness (QED) is 0.794. The second kappa shape index (κ2) is 7.65. The molecular weight excluding hydrogens is 290 g/mol. The van der Waals surface area contributed by atoms with Crippen LogP contribution in [0.4, 0.5) is 0 Å². The van der Waals surface area contributed by atoms with Gasteiger partial charge in [0.15, 0.2) is 0 Å². The summed E-state index contributed by atoms with van der Waals surface area (Å²) in [5, 5.41) is 0. The molecule has 0 aromatic carbocycles. The summed E-state index contributed by atoms with van der Waals surface area (Å²) in [6.07, 6.45) is 8.93. The summed E-state index contributed by atoms with van der Waals surface area (Å²) in [6, 6.07) is 0.00305. The lowest BCUT2D eigenvalue weighted by Gasteiger charge is -2.41. The van der Waals surface area contributed by atoms with Crippen molar-refractivity contribution in [1.29, 1.82) is 0 Å². The molecule has 0 bridgehead atoms. The van der Waals surface area contributed by atoms with Crippen LogP contribution in [0.25, 0.3) is 0 Å². The van der Waals surface area contributed by atoms with Crippen LogP contribution in [-0.4, -0.2) is 71.3 Å². The van der Waals surface area contributed by atoms with Crippen molar-refractivity contribution >= 4 is 11.8 Å². The average molecular weight is 321 g/mol. The van der Waals surface area contributed by atoms with Crippen molar-refractivity contribution in [3.8, 4) is 0 Å². The number of carbonyl (C=O) groups excluding carboxylic acids is 2. The number of nitrogens with zero attached hydrogens (tertiary/aromatic N) is 3. The van der Waals surface area contributed by atoms with Gasteiger partial charge in [0.1, 0.15) is 6.04 Å². The number of fused-ring (bicyclic) bond motifs is 1. The number of carbonyl (C=O) groups is 2. The minimum Gasteiger partial charge on any atom is -0.336 e. The molecule has 0 unspecified atom stereocenters. The highest BCUT2D eigenvalue weighted by atomic mass is 16.2. The van der Waals surface area contributed by atoms with E-state index in [2.05, 4.69) is 4.90 Å². The molecule has 5 nitrogen and oxygen atoms in total. The Labute approximate surface area is 140 Å². The molecule has 130 valence electrons. The summed E-state index contributed by atoms with van der Waals surface area (Å²) in [7, 11) is 0. The smallest absolute Gasteiger partial charge is 0.245 e. The van der Waals surface area contributed by atoms with Crippen LogP contribution in [0.5, 0.6) is 0 Å². The number of amides is 2. The molecule has 3 aliphatic rings. The van der Waals surface area contributed by atoms with Gasteiger partial charge in [-0.3, -0.25) is 9.59 Å². The van der Waals surface area contributed by atoms with Gasteiger partial charge in [-0.2, -0.15) is 0 Å². The van der Waals surface area contributed by atoms with E-state index in [1.807, 2.05) is 16.7 Å². The largest absolute Gasteiger partial charge is 0.336 e. The fraction of sp³-hybridized carbons (Fsp3) is 0.889. The number of rotatable bonds is 4. The summed E-state index contributed by atoms with van der Waals surface area (Å²) < 4.78 is 0. The van der Waals surface area contributed by atoms with Crippen LogP contribution < -0.4 is 0 Å². The Bertz CT molecular complexity index is 432. The fourth-order valence-corrected chi connectivity index (χ4v) is 4.35. The second-order valence-corrected chi connectivity index (χ2v) is 7.41. The van der Waals surface area contributed by atoms with E-state index in [-0.39, 0.29) is 23.9 Å². The Balaban J connectivity index is 1.46. The van der Waals surface area contributed by atoms with Gasteiger partial charge < -0.3 is 14.7 Å². The lowest BCUT2D eigenvalue weighted by Crippen LogP contribution is -2.60. The lowest BCUT2D eigenvalue weighted by atomic mass is 10.1. The first-order valence-electron chi connectivity index (χ1n) is 9.49. The Morgan fingerprint density at radius 1 is 1.09 bits per heavy atom. The molecule has 0 spiro atoms. The molecule has 0 aromatic heterocycles. The van der Waals surface area contributed by atoms with Gasteiger partial charge in [0.05, 0.1) is 0 Å². The van der Waals surface area contributed by atoms with Gasteiger partial charge in [0, 0.05) is 25.6 Å². The van der Waals surface area contributed by atoms with Crippen molar-refractivity contribution in [2.75, 3.05) is 32.7 Å². The highest BCUT2D eigenvalue weighted by molar-refractivity contribution is 5.89. The first-order chi connectivity index (χ1) is 11.2. The lowest BCUT2D eigenvalue weighted by molar-refractivity contribution is -0.152. The molecule has 0 aromatic rings. The number of hydrogen-bond donors (Lipinski definition) is 0. The zero-order valence-electron chi connectivity index (χ0n) is 14.5. The van der Waals surface area contributed by atoms with E-state index in [1.54, 1.807) is 0 Å². The van der Waals surface area contributed by atoms with E-state index < -0.39 is 0 Å². The predicted octanol–water partition coefficient (Wildman–Crippen LogP) is 1.86. The standard InChI is InChI=1S/C18H31N3O2/c1-15-18(23)20-13-6-8-16(20)14-21(15)17(22)9-7-12-19-10-4-2-3-5-11-19/h15-16H,2-14H2,1H3/t15-,16-/m0/s1. The maximum atomic E-state index is 12.6. The van der Waals surface area contributed by atoms with E-state index >= 15 is 0 Å². The molecule has 0 saturated carbocycles. The Kier molecular flexibility index (Phi) is 5.57. The maximum absolute atomic E-state index is 12.6. The van der Waals surface area contributed by atoms with Crippen molar-refractivity contribution in [2.24, 2.45) is 0 Å². The van der Waals surface area contributed by atoms with Crippen LogP contribution in [0.2, 0.25) is 0 Å². The molecule has 3 rings (SSSR count). The van der Waals surface area contributed by atoms with Gasteiger partial charge in [-0.05, 0) is 58.7 Å². The summed E-state index contributed by atoms with van der Waals surface area (Å²) in [5.74, 6) is 0.326. The molecule has 23 heavy (non-hydrogen) atoms. The van der Waals surface area contributed by atoms with Crippen LogP contribution in [-0.2, 0) is 9.59 Å². The van der Waals surface area contributed by atoms with E-state index in [4.69, 9.17) is 0 Å². The van der Waals surface area contributed by atoms with Crippen LogP contribution >= 0.6 is 0 Å². The number of hydrogen-bond acceptors (Lipinski definition) is 3. The minimum absolute atomic E-state index is 0.152. The van der Waals surface area contributed by atoms with Gasteiger partial charge in [0.2, 0.25) is 11.8 Å². The normalized spacial score (nSPS) is 29.5. The molecule has 3 aliphatic heterocycles. The summed E-state index contributed by atoms with van der Waals surface area (Å²) in [4.78, 5) is 31.3. The first-order valence-corrected chi connectivity index (χ1v) is 9.49. The van der Waals surface area contributed by atoms with Crippen LogP contribution in [0, 0.1) is 0 Å². The third-order valence-corrected chi connectivity index (χ3v) is 5.78. The van der Waals surface area contributed by atoms with Gasteiger partial charge in [-0.1, -0.05) is 12.8 Å². The molecule has 0 aliphatic carbocycles. The summed E-state index contributed by atoms with van der Waals surface area (Å²) in [5.41, 5.74) is 0. The maximum Gasteiger partial charge on any atom is 0.245 e. The van der Waals surface area contributed by atoms with Gasteiger partial charge >= 0.3 is 0 Å². The van der Waals surface area contributed by atoms with Gasteiger partial charge in [-0.25, -0.2) is 0 Å². The predicted molar refractivity (Wildman–Crippen MR) is 90.1 cm³/mol. The molecule has 5 heteroatoms. The average Bonchev–Trinajstić information content (AvgIpc) is 2.87. The zero-order chi connectivity index (χ0) is 16.2. The third kappa shape index (κ3) is 3.87. The van der Waals surface area contributed by atoms with Gasteiger partial charge in [-0.15, -0.1) is 0 Å². The zero-order valence-corrected chi connectivity index (χ0v) is 14.5. The van der Waals surface area contributed by atoms with Gasteiger partial charge in [0.25, 0.3) is 0 Å². The summed E-state index contributed by atoms with van der Waals surface area (Å²) in [6.45, 7) is 6.91. The van der Waals surface area contributed by atoms with Crippen molar-refractivity contribution in [3.05, 3.63) is 0 Å². The molecule has 2 amide bonds. The molecule has 3 saturated heterocycles. The van der Waals surface area contributed by atoms with E-state index in [1.165, 1.54) is 38.8 Å². The van der Waals surface area contributed by atoms with Crippen molar-refractivity contribution in [2.45, 2.75) is 70.4 Å².